The van der Waals surface area contributed by atoms with E-state index in [0.717, 1.165) is 12.4 Å². The van der Waals surface area contributed by atoms with Gasteiger partial charge in [0, 0.05) is 18.8 Å². The molecule has 0 radical (unpaired) electrons. The van der Waals surface area contributed by atoms with Crippen LogP contribution in [-0.2, 0) is 0 Å². The summed E-state index contributed by atoms with van der Waals surface area (Å²) >= 11 is 0. The van der Waals surface area contributed by atoms with Crippen molar-refractivity contribution in [3.8, 4) is 0 Å². The standard InChI is InChI=1S/C11H18N4/c1-10(8-15-6-2-3-7-15)14-11-4-5-12-9-13-11/h4-5,9-10H,2-3,6-8H2,1H3,(H,12,13,14). The van der Waals surface area contributed by atoms with E-state index in [0.29, 0.717) is 6.04 Å². The maximum absolute atomic E-state index is 4.15. The number of aromatic nitrogens is 2. The van der Waals surface area contributed by atoms with Gasteiger partial charge in [0.1, 0.15) is 12.1 Å². The highest BCUT2D eigenvalue weighted by Gasteiger charge is 2.14. The highest BCUT2D eigenvalue weighted by atomic mass is 15.2. The minimum atomic E-state index is 0.443. The molecule has 0 spiro atoms. The summed E-state index contributed by atoms with van der Waals surface area (Å²) in [5.74, 6) is 0.914. The number of hydrogen-bond acceptors (Lipinski definition) is 4. The second-order valence-electron chi connectivity index (χ2n) is 4.15. The van der Waals surface area contributed by atoms with Crippen LogP contribution in [-0.4, -0.2) is 40.5 Å². The van der Waals surface area contributed by atoms with E-state index in [2.05, 4.69) is 27.1 Å². The number of anilines is 1. The van der Waals surface area contributed by atoms with E-state index in [1.54, 1.807) is 12.5 Å². The van der Waals surface area contributed by atoms with Gasteiger partial charge in [0.05, 0.1) is 0 Å². The van der Waals surface area contributed by atoms with Crippen molar-refractivity contribution < 1.29 is 0 Å². The normalized spacial score (nSPS) is 19.0. The highest BCUT2D eigenvalue weighted by Crippen LogP contribution is 2.09. The first-order valence-electron chi connectivity index (χ1n) is 5.59. The summed E-state index contributed by atoms with van der Waals surface area (Å²) in [7, 11) is 0. The average molecular weight is 206 g/mol. The Kier molecular flexibility index (Phi) is 3.50. The molecule has 1 aliphatic heterocycles. The molecule has 1 atom stereocenters. The van der Waals surface area contributed by atoms with Crippen LogP contribution in [0, 0.1) is 0 Å². The van der Waals surface area contributed by atoms with Crippen molar-refractivity contribution in [1.82, 2.24) is 14.9 Å². The first-order chi connectivity index (χ1) is 7.34. The van der Waals surface area contributed by atoms with E-state index >= 15 is 0 Å². The molecule has 1 unspecified atom stereocenters. The summed E-state index contributed by atoms with van der Waals surface area (Å²) in [4.78, 5) is 10.5. The summed E-state index contributed by atoms with van der Waals surface area (Å²) in [6, 6.07) is 2.35. The number of likely N-dealkylation sites (tertiary alicyclic amines) is 1. The molecular formula is C11H18N4. The molecule has 1 aliphatic rings. The Balaban J connectivity index is 1.79. The Bertz CT molecular complexity index is 282. The number of nitrogens with zero attached hydrogens (tertiary/aromatic N) is 3. The van der Waals surface area contributed by atoms with Gasteiger partial charge in [-0.2, -0.15) is 0 Å². The Morgan fingerprint density at radius 1 is 1.47 bits per heavy atom. The molecule has 0 amide bonds. The van der Waals surface area contributed by atoms with E-state index < -0.39 is 0 Å². The van der Waals surface area contributed by atoms with E-state index in [1.165, 1.54) is 25.9 Å². The maximum atomic E-state index is 4.15. The third-order valence-corrected chi connectivity index (χ3v) is 2.71. The molecule has 1 N–H and O–H groups in total. The molecular weight excluding hydrogens is 188 g/mol. The van der Waals surface area contributed by atoms with Gasteiger partial charge in [0.25, 0.3) is 0 Å². The van der Waals surface area contributed by atoms with Crippen molar-refractivity contribution in [2.45, 2.75) is 25.8 Å². The molecule has 4 heteroatoms. The van der Waals surface area contributed by atoms with Crippen LogP contribution in [0.25, 0.3) is 0 Å². The third kappa shape index (κ3) is 3.16. The SMILES string of the molecule is CC(CN1CCCC1)Nc1ccncn1. The van der Waals surface area contributed by atoms with Crippen LogP contribution in [0.1, 0.15) is 19.8 Å². The summed E-state index contributed by atoms with van der Waals surface area (Å²) < 4.78 is 0. The molecule has 2 rings (SSSR count). The Morgan fingerprint density at radius 2 is 2.27 bits per heavy atom. The lowest BCUT2D eigenvalue weighted by Crippen LogP contribution is -2.33. The van der Waals surface area contributed by atoms with Gasteiger partial charge in [0.15, 0.2) is 0 Å². The monoisotopic (exact) mass is 206 g/mol. The average Bonchev–Trinajstić information content (AvgIpc) is 2.71. The minimum absolute atomic E-state index is 0.443. The van der Waals surface area contributed by atoms with Gasteiger partial charge >= 0.3 is 0 Å². The zero-order chi connectivity index (χ0) is 10.5. The fraction of sp³-hybridized carbons (Fsp3) is 0.636. The van der Waals surface area contributed by atoms with Crippen LogP contribution in [0.2, 0.25) is 0 Å². The van der Waals surface area contributed by atoms with Crippen molar-refractivity contribution in [3.63, 3.8) is 0 Å². The first-order valence-corrected chi connectivity index (χ1v) is 5.59. The molecule has 1 fully saturated rings. The molecule has 0 aromatic carbocycles. The summed E-state index contributed by atoms with van der Waals surface area (Å²) in [6.07, 6.45) is 6.03. The Hall–Kier alpha value is -1.16. The molecule has 1 aromatic heterocycles. The van der Waals surface area contributed by atoms with Crippen LogP contribution in [0.15, 0.2) is 18.6 Å². The molecule has 1 aromatic rings. The third-order valence-electron chi connectivity index (χ3n) is 2.71. The molecule has 15 heavy (non-hydrogen) atoms. The van der Waals surface area contributed by atoms with Crippen LogP contribution in [0.5, 0.6) is 0 Å². The molecule has 0 bridgehead atoms. The topological polar surface area (TPSA) is 41.0 Å². The van der Waals surface area contributed by atoms with Gasteiger partial charge in [-0.25, -0.2) is 9.97 Å². The molecule has 0 aliphatic carbocycles. The van der Waals surface area contributed by atoms with E-state index in [9.17, 15) is 0 Å². The largest absolute Gasteiger partial charge is 0.366 e. The number of nitrogens with one attached hydrogen (secondary N) is 1. The van der Waals surface area contributed by atoms with Gasteiger partial charge in [-0.05, 0) is 38.9 Å². The fourth-order valence-corrected chi connectivity index (χ4v) is 2.03. The summed E-state index contributed by atoms with van der Waals surface area (Å²) in [6.45, 7) is 5.79. The van der Waals surface area contributed by atoms with Crippen molar-refractivity contribution in [2.75, 3.05) is 25.0 Å². The number of hydrogen-bond donors (Lipinski definition) is 1. The van der Waals surface area contributed by atoms with Crippen molar-refractivity contribution in [3.05, 3.63) is 18.6 Å². The Morgan fingerprint density at radius 3 is 2.93 bits per heavy atom. The molecule has 4 nitrogen and oxygen atoms in total. The molecule has 82 valence electrons. The smallest absolute Gasteiger partial charge is 0.129 e. The lowest BCUT2D eigenvalue weighted by atomic mass is 10.3. The van der Waals surface area contributed by atoms with Crippen molar-refractivity contribution in [1.29, 1.82) is 0 Å². The van der Waals surface area contributed by atoms with Crippen LogP contribution >= 0.6 is 0 Å². The van der Waals surface area contributed by atoms with Crippen LogP contribution in [0.3, 0.4) is 0 Å². The zero-order valence-corrected chi connectivity index (χ0v) is 9.19. The lowest BCUT2D eigenvalue weighted by Gasteiger charge is -2.21. The highest BCUT2D eigenvalue weighted by molar-refractivity contribution is 5.32. The fourth-order valence-electron chi connectivity index (χ4n) is 2.03. The van der Waals surface area contributed by atoms with Gasteiger partial charge in [-0.15, -0.1) is 0 Å². The number of rotatable bonds is 4. The predicted octanol–water partition coefficient (Wildman–Crippen LogP) is 1.37. The van der Waals surface area contributed by atoms with Crippen molar-refractivity contribution in [2.24, 2.45) is 0 Å². The van der Waals surface area contributed by atoms with Gasteiger partial charge in [0.2, 0.25) is 0 Å². The predicted molar refractivity (Wildman–Crippen MR) is 60.8 cm³/mol. The van der Waals surface area contributed by atoms with E-state index in [1.807, 2.05) is 6.07 Å². The van der Waals surface area contributed by atoms with Gasteiger partial charge in [-0.1, -0.05) is 0 Å². The second-order valence-corrected chi connectivity index (χ2v) is 4.15. The van der Waals surface area contributed by atoms with Gasteiger partial charge in [-0.3, -0.25) is 0 Å². The van der Waals surface area contributed by atoms with E-state index in [4.69, 9.17) is 0 Å². The molecule has 1 saturated heterocycles. The second kappa shape index (κ2) is 5.07. The summed E-state index contributed by atoms with van der Waals surface area (Å²) in [5.41, 5.74) is 0. The van der Waals surface area contributed by atoms with Crippen LogP contribution < -0.4 is 5.32 Å². The van der Waals surface area contributed by atoms with E-state index in [-0.39, 0.29) is 0 Å². The Labute approximate surface area is 90.7 Å². The first kappa shape index (κ1) is 10.4. The molecule has 2 heterocycles. The molecule has 0 saturated carbocycles. The minimum Gasteiger partial charge on any atom is -0.366 e. The van der Waals surface area contributed by atoms with Gasteiger partial charge < -0.3 is 10.2 Å². The van der Waals surface area contributed by atoms with Crippen molar-refractivity contribution >= 4 is 5.82 Å². The lowest BCUT2D eigenvalue weighted by molar-refractivity contribution is 0.327. The summed E-state index contributed by atoms with van der Waals surface area (Å²) in [5, 5.41) is 3.38. The quantitative estimate of drug-likeness (QED) is 0.808. The maximum Gasteiger partial charge on any atom is 0.129 e. The zero-order valence-electron chi connectivity index (χ0n) is 9.19. The van der Waals surface area contributed by atoms with Crippen LogP contribution in [0.4, 0.5) is 5.82 Å².